The fourth-order valence-electron chi connectivity index (χ4n) is 11.6. The molecule has 0 N–H and O–H groups in total. The number of anilines is 5. The van der Waals surface area contributed by atoms with Crippen LogP contribution in [0.4, 0.5) is 28.4 Å². The molecule has 10 aromatic carbocycles. The Bertz CT molecular complexity index is 3530. The van der Waals surface area contributed by atoms with E-state index in [1.807, 2.05) is 0 Å². The van der Waals surface area contributed by atoms with Crippen LogP contribution >= 0.6 is 0 Å². The molecule has 326 valence electrons. The highest BCUT2D eigenvalue weighted by molar-refractivity contribution is 5.94. The molecule has 0 saturated heterocycles. The molecule has 0 aromatic heterocycles. The standard InChI is InChI=1S/C67H48N2/c1-5-20-47(21-6-1)48-36-39-55(40-37-48)68(56-41-42-63-60(46-56)58-31-13-16-33-62(58)67(63,52-24-7-2-8-25-52)53-26-9-3-10-27-53)64-34-17-14-30-57(64)51-23-19-22-49(44-51)50-38-43-66-61(45-50)59-32-15-18-35-65(59)69(66)54-28-11-4-12-29-54/h1-31,33-46,59H,32H2. The smallest absolute Gasteiger partial charge is 0.0713 e. The highest BCUT2D eigenvalue weighted by Gasteiger charge is 2.46. The number of rotatable bonds is 9. The molecule has 2 nitrogen and oxygen atoms in total. The zero-order valence-electron chi connectivity index (χ0n) is 38.2. The van der Waals surface area contributed by atoms with Crippen molar-refractivity contribution in [1.82, 2.24) is 0 Å². The third kappa shape index (κ3) is 6.71. The third-order valence-corrected chi connectivity index (χ3v) is 14.6. The first-order valence-electron chi connectivity index (χ1n) is 24.1. The van der Waals surface area contributed by atoms with Crippen LogP contribution < -0.4 is 9.80 Å². The summed E-state index contributed by atoms with van der Waals surface area (Å²) < 4.78 is 0. The Kier molecular flexibility index (Phi) is 9.91. The Balaban J connectivity index is 0.958. The van der Waals surface area contributed by atoms with Crippen molar-refractivity contribution in [2.24, 2.45) is 0 Å². The second-order valence-electron chi connectivity index (χ2n) is 18.4. The Morgan fingerprint density at radius 3 is 1.72 bits per heavy atom. The number of benzene rings is 10. The van der Waals surface area contributed by atoms with Crippen LogP contribution in [0.15, 0.2) is 279 Å². The maximum Gasteiger partial charge on any atom is 0.0713 e. The van der Waals surface area contributed by atoms with Crippen molar-refractivity contribution in [2.45, 2.75) is 17.8 Å². The second-order valence-corrected chi connectivity index (χ2v) is 18.4. The summed E-state index contributed by atoms with van der Waals surface area (Å²) in [6.45, 7) is 0. The molecule has 1 heterocycles. The Hall–Kier alpha value is -8.72. The zero-order chi connectivity index (χ0) is 45.7. The fraction of sp³-hybridized carbons (Fsp3) is 0.0448. The van der Waals surface area contributed by atoms with Crippen LogP contribution in [0.3, 0.4) is 0 Å². The van der Waals surface area contributed by atoms with Gasteiger partial charge in [0.05, 0.1) is 11.1 Å². The second kappa shape index (κ2) is 16.9. The third-order valence-electron chi connectivity index (χ3n) is 14.6. The highest BCUT2D eigenvalue weighted by atomic mass is 15.2. The van der Waals surface area contributed by atoms with E-state index in [2.05, 4.69) is 283 Å². The van der Waals surface area contributed by atoms with Gasteiger partial charge in [-0.1, -0.05) is 206 Å². The van der Waals surface area contributed by atoms with E-state index in [0.29, 0.717) is 5.92 Å². The SMILES string of the molecule is C1=CCC2C(=C1)N(c1ccccc1)c1ccc(-c3cccc(-c4ccccc4N(c4ccc(-c5ccccc5)cc4)c4ccc5c(c4)-c4ccccc4C5(c4ccccc4)c4ccccc4)c3)cc12. The van der Waals surface area contributed by atoms with Gasteiger partial charge in [0.25, 0.3) is 0 Å². The van der Waals surface area contributed by atoms with Crippen molar-refractivity contribution < 1.29 is 0 Å². The number of hydrogen-bond acceptors (Lipinski definition) is 2. The summed E-state index contributed by atoms with van der Waals surface area (Å²) in [6.07, 6.45) is 7.80. The summed E-state index contributed by atoms with van der Waals surface area (Å²) >= 11 is 0. The van der Waals surface area contributed by atoms with Gasteiger partial charge in [-0.25, -0.2) is 0 Å². The van der Waals surface area contributed by atoms with E-state index in [9.17, 15) is 0 Å². The topological polar surface area (TPSA) is 6.48 Å². The van der Waals surface area contributed by atoms with Crippen LogP contribution in [0.25, 0.3) is 44.5 Å². The molecular weight excluding hydrogens is 833 g/mol. The average Bonchev–Trinajstić information content (AvgIpc) is 3.92. The maximum atomic E-state index is 2.46. The van der Waals surface area contributed by atoms with Gasteiger partial charge in [-0.3, -0.25) is 0 Å². The number of nitrogens with zero attached hydrogens (tertiary/aromatic N) is 2. The summed E-state index contributed by atoms with van der Waals surface area (Å²) in [5.41, 5.74) is 22.8. The van der Waals surface area contributed by atoms with Crippen molar-refractivity contribution >= 4 is 28.4 Å². The Labute approximate surface area is 405 Å². The Morgan fingerprint density at radius 1 is 0.406 bits per heavy atom. The lowest BCUT2D eigenvalue weighted by Gasteiger charge is -2.34. The van der Waals surface area contributed by atoms with Gasteiger partial charge in [-0.2, -0.15) is 0 Å². The highest BCUT2D eigenvalue weighted by Crippen LogP contribution is 2.58. The minimum absolute atomic E-state index is 0.320. The first-order chi connectivity index (χ1) is 34.2. The van der Waals surface area contributed by atoms with Gasteiger partial charge in [-0.15, -0.1) is 0 Å². The lowest BCUT2D eigenvalue weighted by Crippen LogP contribution is -2.28. The maximum absolute atomic E-state index is 2.46. The van der Waals surface area contributed by atoms with Gasteiger partial charge in [-0.05, 0) is 140 Å². The number of hydrogen-bond donors (Lipinski definition) is 0. The molecule has 0 fully saturated rings. The predicted octanol–water partition coefficient (Wildman–Crippen LogP) is 17.6. The summed E-state index contributed by atoms with van der Waals surface area (Å²) in [7, 11) is 0. The minimum Gasteiger partial charge on any atom is -0.313 e. The molecule has 0 radical (unpaired) electrons. The van der Waals surface area contributed by atoms with E-state index in [-0.39, 0.29) is 0 Å². The van der Waals surface area contributed by atoms with Crippen molar-refractivity contribution in [2.75, 3.05) is 9.80 Å². The summed E-state index contributed by atoms with van der Waals surface area (Å²) in [5, 5.41) is 0. The fourth-order valence-corrected chi connectivity index (χ4v) is 11.6. The van der Waals surface area contributed by atoms with Gasteiger partial charge in [0, 0.05) is 39.9 Å². The van der Waals surface area contributed by atoms with Crippen molar-refractivity contribution in [1.29, 1.82) is 0 Å². The van der Waals surface area contributed by atoms with E-state index in [4.69, 9.17) is 0 Å². The average molecular weight is 881 g/mol. The van der Waals surface area contributed by atoms with Crippen LogP contribution in [0.5, 0.6) is 0 Å². The van der Waals surface area contributed by atoms with Crippen LogP contribution in [0, 0.1) is 0 Å². The quantitative estimate of drug-likeness (QED) is 0.143. The monoisotopic (exact) mass is 880 g/mol. The first-order valence-corrected chi connectivity index (χ1v) is 24.1. The molecule has 1 unspecified atom stereocenters. The molecule has 10 aromatic rings. The molecule has 1 atom stereocenters. The number of allylic oxidation sites excluding steroid dienone is 4. The molecule has 69 heavy (non-hydrogen) atoms. The molecule has 1 aliphatic heterocycles. The van der Waals surface area contributed by atoms with E-state index < -0.39 is 5.41 Å². The van der Waals surface area contributed by atoms with E-state index in [0.717, 1.165) is 29.0 Å². The van der Waals surface area contributed by atoms with Crippen molar-refractivity contribution in [3.8, 4) is 44.5 Å². The molecule has 13 rings (SSSR count). The molecular formula is C67H48N2. The zero-order valence-corrected chi connectivity index (χ0v) is 38.2. The normalized spacial score (nSPS) is 14.9. The van der Waals surface area contributed by atoms with Crippen molar-refractivity contribution in [3.05, 3.63) is 307 Å². The van der Waals surface area contributed by atoms with Crippen LogP contribution in [-0.2, 0) is 5.41 Å². The van der Waals surface area contributed by atoms with E-state index in [1.54, 1.807) is 0 Å². The van der Waals surface area contributed by atoms with Gasteiger partial charge < -0.3 is 9.80 Å². The molecule has 3 aliphatic rings. The molecule has 2 aliphatic carbocycles. The molecule has 0 saturated carbocycles. The molecule has 0 bridgehead atoms. The lowest BCUT2D eigenvalue weighted by atomic mass is 9.68. The summed E-state index contributed by atoms with van der Waals surface area (Å²) in [6, 6.07) is 93.9. The summed E-state index contributed by atoms with van der Waals surface area (Å²) in [4.78, 5) is 4.91. The molecule has 0 amide bonds. The van der Waals surface area contributed by atoms with Crippen LogP contribution in [0.2, 0.25) is 0 Å². The summed E-state index contributed by atoms with van der Waals surface area (Å²) in [5.74, 6) is 0.320. The largest absolute Gasteiger partial charge is 0.313 e. The van der Waals surface area contributed by atoms with Gasteiger partial charge in [0.15, 0.2) is 0 Å². The molecule has 0 spiro atoms. The van der Waals surface area contributed by atoms with Crippen LogP contribution in [-0.4, -0.2) is 0 Å². The Morgan fingerprint density at radius 2 is 0.971 bits per heavy atom. The van der Waals surface area contributed by atoms with Crippen LogP contribution in [0.1, 0.15) is 40.2 Å². The predicted molar refractivity (Wildman–Crippen MR) is 288 cm³/mol. The van der Waals surface area contributed by atoms with Gasteiger partial charge >= 0.3 is 0 Å². The van der Waals surface area contributed by atoms with Gasteiger partial charge in [0.2, 0.25) is 0 Å². The lowest BCUT2D eigenvalue weighted by molar-refractivity contribution is 0.768. The van der Waals surface area contributed by atoms with E-state index in [1.165, 1.54) is 83.8 Å². The van der Waals surface area contributed by atoms with Crippen molar-refractivity contribution in [3.63, 3.8) is 0 Å². The number of fused-ring (bicyclic) bond motifs is 6. The van der Waals surface area contributed by atoms with E-state index >= 15 is 0 Å². The molecule has 2 heteroatoms. The minimum atomic E-state index is -0.476. The van der Waals surface area contributed by atoms with Gasteiger partial charge in [0.1, 0.15) is 0 Å². The number of para-hydroxylation sites is 2. The first kappa shape index (κ1) is 40.5.